The smallest absolute Gasteiger partial charge is 0.0398 e. The molecule has 3 N–H and O–H groups in total. The zero-order chi connectivity index (χ0) is 15.2. The predicted octanol–water partition coefficient (Wildman–Crippen LogP) is 4.71. The molecule has 21 heavy (non-hydrogen) atoms. The van der Waals surface area contributed by atoms with Gasteiger partial charge in [0.15, 0.2) is 0 Å². The van der Waals surface area contributed by atoms with Gasteiger partial charge in [-0.1, -0.05) is 50.2 Å². The van der Waals surface area contributed by atoms with Crippen molar-refractivity contribution >= 4 is 11.4 Å². The van der Waals surface area contributed by atoms with Gasteiger partial charge in [-0.2, -0.15) is 0 Å². The molecule has 0 spiro atoms. The minimum Gasteiger partial charge on any atom is -0.399 e. The van der Waals surface area contributed by atoms with E-state index in [1.54, 1.807) is 0 Å². The van der Waals surface area contributed by atoms with E-state index in [0.717, 1.165) is 24.2 Å². The van der Waals surface area contributed by atoms with Crippen LogP contribution in [0.5, 0.6) is 0 Å². The third kappa shape index (κ3) is 4.82. The first-order valence-electron chi connectivity index (χ1n) is 7.73. The lowest BCUT2D eigenvalue weighted by Crippen LogP contribution is -2.18. The zero-order valence-electron chi connectivity index (χ0n) is 13.3. The Hall–Kier alpha value is -1.96. The van der Waals surface area contributed by atoms with Gasteiger partial charge in [0, 0.05) is 17.4 Å². The van der Waals surface area contributed by atoms with E-state index in [9.17, 15) is 0 Å². The SMILES string of the molecule is CC(C)CC(C)Nc1cc(N)ccc1Cc1ccccc1. The number of benzene rings is 2. The maximum absolute atomic E-state index is 5.96. The van der Waals surface area contributed by atoms with Crippen LogP contribution in [-0.4, -0.2) is 6.04 Å². The maximum Gasteiger partial charge on any atom is 0.0398 e. The van der Waals surface area contributed by atoms with E-state index in [4.69, 9.17) is 5.73 Å². The van der Waals surface area contributed by atoms with Crippen molar-refractivity contribution in [3.05, 3.63) is 59.7 Å². The van der Waals surface area contributed by atoms with Gasteiger partial charge in [-0.15, -0.1) is 0 Å². The number of nitrogen functional groups attached to an aromatic ring is 1. The van der Waals surface area contributed by atoms with Crippen molar-refractivity contribution < 1.29 is 0 Å². The Kier molecular flexibility index (Phi) is 5.26. The fourth-order valence-corrected chi connectivity index (χ4v) is 2.73. The summed E-state index contributed by atoms with van der Waals surface area (Å²) in [5.41, 5.74) is 10.5. The van der Waals surface area contributed by atoms with Crippen LogP contribution >= 0.6 is 0 Å². The largest absolute Gasteiger partial charge is 0.399 e. The number of anilines is 2. The maximum atomic E-state index is 5.96. The molecule has 0 aromatic heterocycles. The molecule has 112 valence electrons. The normalized spacial score (nSPS) is 12.4. The van der Waals surface area contributed by atoms with Crippen molar-refractivity contribution in [1.29, 1.82) is 0 Å². The lowest BCUT2D eigenvalue weighted by atomic mass is 10.0. The summed E-state index contributed by atoms with van der Waals surface area (Å²) in [7, 11) is 0. The molecule has 0 heterocycles. The highest BCUT2D eigenvalue weighted by atomic mass is 14.9. The highest BCUT2D eigenvalue weighted by Gasteiger charge is 2.09. The third-order valence-electron chi connectivity index (χ3n) is 3.60. The van der Waals surface area contributed by atoms with Gasteiger partial charge in [0.25, 0.3) is 0 Å². The van der Waals surface area contributed by atoms with Crippen molar-refractivity contribution in [3.8, 4) is 0 Å². The number of rotatable bonds is 6. The Morgan fingerprint density at radius 1 is 1.00 bits per heavy atom. The number of nitrogens with two attached hydrogens (primary N) is 1. The van der Waals surface area contributed by atoms with Gasteiger partial charge >= 0.3 is 0 Å². The second-order valence-electron chi connectivity index (χ2n) is 6.25. The van der Waals surface area contributed by atoms with Crippen LogP contribution in [-0.2, 0) is 6.42 Å². The Morgan fingerprint density at radius 2 is 1.71 bits per heavy atom. The van der Waals surface area contributed by atoms with Gasteiger partial charge in [-0.05, 0) is 48.9 Å². The van der Waals surface area contributed by atoms with E-state index in [1.807, 2.05) is 6.07 Å². The third-order valence-corrected chi connectivity index (χ3v) is 3.60. The molecule has 0 bridgehead atoms. The Bertz CT molecular complexity index is 561. The van der Waals surface area contributed by atoms with E-state index < -0.39 is 0 Å². The topological polar surface area (TPSA) is 38.0 Å². The summed E-state index contributed by atoms with van der Waals surface area (Å²) in [6.45, 7) is 6.74. The summed E-state index contributed by atoms with van der Waals surface area (Å²) in [6.07, 6.45) is 2.08. The standard InChI is InChI=1S/C19H26N2/c1-14(2)11-15(3)21-19-13-18(20)10-9-17(19)12-16-7-5-4-6-8-16/h4-10,13-15,21H,11-12,20H2,1-3H3. The minimum absolute atomic E-state index is 0.446. The average molecular weight is 282 g/mol. The monoisotopic (exact) mass is 282 g/mol. The highest BCUT2D eigenvalue weighted by Crippen LogP contribution is 2.24. The lowest BCUT2D eigenvalue weighted by Gasteiger charge is -2.20. The number of hydrogen-bond acceptors (Lipinski definition) is 2. The van der Waals surface area contributed by atoms with Crippen molar-refractivity contribution in [2.24, 2.45) is 5.92 Å². The first-order valence-corrected chi connectivity index (χ1v) is 7.73. The van der Waals surface area contributed by atoms with Gasteiger partial charge in [0.1, 0.15) is 0 Å². The molecule has 0 aliphatic rings. The van der Waals surface area contributed by atoms with Crippen LogP contribution in [0.25, 0.3) is 0 Å². The van der Waals surface area contributed by atoms with Crippen LogP contribution in [0.15, 0.2) is 48.5 Å². The van der Waals surface area contributed by atoms with Crippen LogP contribution in [0, 0.1) is 5.92 Å². The van der Waals surface area contributed by atoms with Crippen LogP contribution in [0.4, 0.5) is 11.4 Å². The molecule has 2 nitrogen and oxygen atoms in total. The second-order valence-corrected chi connectivity index (χ2v) is 6.25. The van der Waals surface area contributed by atoms with Crippen molar-refractivity contribution in [2.45, 2.75) is 39.7 Å². The van der Waals surface area contributed by atoms with Gasteiger partial charge < -0.3 is 11.1 Å². The zero-order valence-corrected chi connectivity index (χ0v) is 13.3. The molecular formula is C19H26N2. The molecule has 1 atom stereocenters. The summed E-state index contributed by atoms with van der Waals surface area (Å²) in [6, 6.07) is 17.2. The molecule has 0 fully saturated rings. The molecule has 0 aliphatic carbocycles. The summed E-state index contributed by atoms with van der Waals surface area (Å²) in [5, 5.41) is 3.62. The van der Waals surface area contributed by atoms with Gasteiger partial charge in [-0.3, -0.25) is 0 Å². The number of hydrogen-bond donors (Lipinski definition) is 2. The van der Waals surface area contributed by atoms with Crippen LogP contribution in [0.2, 0.25) is 0 Å². The first-order chi connectivity index (χ1) is 10.0. The number of nitrogens with one attached hydrogen (secondary N) is 1. The molecule has 2 aromatic rings. The second kappa shape index (κ2) is 7.16. The highest BCUT2D eigenvalue weighted by molar-refractivity contribution is 5.61. The van der Waals surface area contributed by atoms with E-state index in [2.05, 4.69) is 68.6 Å². The van der Waals surface area contributed by atoms with Crippen LogP contribution in [0.3, 0.4) is 0 Å². The average Bonchev–Trinajstić information content (AvgIpc) is 2.42. The predicted molar refractivity (Wildman–Crippen MR) is 92.6 cm³/mol. The Balaban J connectivity index is 2.17. The van der Waals surface area contributed by atoms with E-state index in [-0.39, 0.29) is 0 Å². The lowest BCUT2D eigenvalue weighted by molar-refractivity contribution is 0.539. The minimum atomic E-state index is 0.446. The van der Waals surface area contributed by atoms with Gasteiger partial charge in [0.05, 0.1) is 0 Å². The molecule has 2 heteroatoms. The summed E-state index contributed by atoms with van der Waals surface area (Å²) in [4.78, 5) is 0. The molecule has 1 unspecified atom stereocenters. The van der Waals surface area contributed by atoms with Gasteiger partial charge in [-0.25, -0.2) is 0 Å². The summed E-state index contributed by atoms with van der Waals surface area (Å²) in [5.74, 6) is 0.686. The molecule has 0 amide bonds. The molecule has 2 rings (SSSR count). The molecule has 0 saturated carbocycles. The summed E-state index contributed by atoms with van der Waals surface area (Å²) < 4.78 is 0. The first kappa shape index (κ1) is 15.4. The quantitative estimate of drug-likeness (QED) is 0.753. The molecule has 2 aromatic carbocycles. The van der Waals surface area contributed by atoms with E-state index in [1.165, 1.54) is 11.1 Å². The van der Waals surface area contributed by atoms with Crippen molar-refractivity contribution in [1.82, 2.24) is 0 Å². The van der Waals surface area contributed by atoms with Crippen molar-refractivity contribution in [3.63, 3.8) is 0 Å². The summed E-state index contributed by atoms with van der Waals surface area (Å²) >= 11 is 0. The van der Waals surface area contributed by atoms with Crippen LogP contribution < -0.4 is 11.1 Å². The van der Waals surface area contributed by atoms with Gasteiger partial charge in [0.2, 0.25) is 0 Å². The van der Waals surface area contributed by atoms with Crippen LogP contribution in [0.1, 0.15) is 38.3 Å². The molecular weight excluding hydrogens is 256 g/mol. The van der Waals surface area contributed by atoms with E-state index >= 15 is 0 Å². The fraction of sp³-hybridized carbons (Fsp3) is 0.368. The Morgan fingerprint density at radius 3 is 2.38 bits per heavy atom. The Labute approximate surface area is 128 Å². The van der Waals surface area contributed by atoms with Crippen molar-refractivity contribution in [2.75, 3.05) is 11.1 Å². The fourth-order valence-electron chi connectivity index (χ4n) is 2.73. The molecule has 0 saturated heterocycles. The molecule has 0 radical (unpaired) electrons. The molecule has 0 aliphatic heterocycles. The van der Waals surface area contributed by atoms with E-state index in [0.29, 0.717) is 12.0 Å².